The quantitative estimate of drug-likeness (QED) is 0.707. The molecule has 1 aliphatic heterocycles. The summed E-state index contributed by atoms with van der Waals surface area (Å²) in [5.41, 5.74) is 2.43. The molecule has 0 N–H and O–H groups in total. The Morgan fingerprint density at radius 2 is 1.54 bits per heavy atom. The highest BCUT2D eigenvalue weighted by Crippen LogP contribution is 2.15. The van der Waals surface area contributed by atoms with Crippen LogP contribution in [0, 0.1) is 6.92 Å². The van der Waals surface area contributed by atoms with E-state index in [1.807, 2.05) is 66.4 Å². The first-order chi connectivity index (χ1) is 13.6. The molecule has 4 rings (SSSR count). The molecular formula is C22H22N4O2. The highest BCUT2D eigenvalue weighted by molar-refractivity contribution is 5.94. The third-order valence-electron chi connectivity index (χ3n) is 4.98. The second kappa shape index (κ2) is 7.68. The number of piperazine rings is 1. The van der Waals surface area contributed by atoms with Gasteiger partial charge in [-0.1, -0.05) is 35.9 Å². The highest BCUT2D eigenvalue weighted by Gasteiger charge is 2.23. The first kappa shape index (κ1) is 18.0. The Bertz CT molecular complexity index is 1020. The number of aryl methyl sites for hydroxylation is 1. The maximum absolute atomic E-state index is 12.7. The Kier molecular flexibility index (Phi) is 4.93. The molecule has 142 valence electrons. The summed E-state index contributed by atoms with van der Waals surface area (Å²) in [4.78, 5) is 28.9. The lowest BCUT2D eigenvalue weighted by Crippen LogP contribution is -2.49. The number of nitrogens with zero attached hydrogens (tertiary/aromatic N) is 4. The Morgan fingerprint density at radius 1 is 0.857 bits per heavy atom. The van der Waals surface area contributed by atoms with Crippen molar-refractivity contribution in [2.24, 2.45) is 0 Å². The monoisotopic (exact) mass is 374 g/mol. The standard InChI is InChI=1S/C22H22N4O2/c1-17-7-9-18(10-8-17)22(28)25-15-13-24(14-16-25)20-11-12-21(27)26(23-20)19-5-3-2-4-6-19/h2-12H,13-16H2,1H3. The molecule has 3 aromatic rings. The zero-order valence-electron chi connectivity index (χ0n) is 15.8. The highest BCUT2D eigenvalue weighted by atomic mass is 16.2. The van der Waals surface area contributed by atoms with Crippen LogP contribution >= 0.6 is 0 Å². The molecule has 0 radical (unpaired) electrons. The largest absolute Gasteiger partial charge is 0.352 e. The molecule has 1 aromatic heterocycles. The minimum Gasteiger partial charge on any atom is -0.352 e. The summed E-state index contributed by atoms with van der Waals surface area (Å²) in [6.45, 7) is 4.61. The Morgan fingerprint density at radius 3 is 2.21 bits per heavy atom. The molecule has 2 aromatic carbocycles. The molecule has 1 fully saturated rings. The summed E-state index contributed by atoms with van der Waals surface area (Å²) < 4.78 is 1.42. The van der Waals surface area contributed by atoms with Crippen LogP contribution in [0.25, 0.3) is 5.69 Å². The second-order valence-electron chi connectivity index (χ2n) is 6.92. The number of para-hydroxylation sites is 1. The zero-order valence-corrected chi connectivity index (χ0v) is 15.8. The van der Waals surface area contributed by atoms with Gasteiger partial charge in [0.2, 0.25) is 0 Å². The zero-order chi connectivity index (χ0) is 19.5. The molecule has 0 atom stereocenters. The molecular weight excluding hydrogens is 352 g/mol. The maximum atomic E-state index is 12.7. The van der Waals surface area contributed by atoms with E-state index in [-0.39, 0.29) is 11.5 Å². The van der Waals surface area contributed by atoms with E-state index >= 15 is 0 Å². The van der Waals surface area contributed by atoms with Crippen molar-refractivity contribution < 1.29 is 4.79 Å². The normalized spacial score (nSPS) is 14.2. The molecule has 0 aliphatic carbocycles. The average Bonchev–Trinajstić information content (AvgIpc) is 2.75. The van der Waals surface area contributed by atoms with E-state index in [2.05, 4.69) is 10.00 Å². The smallest absolute Gasteiger partial charge is 0.271 e. The number of carbonyl (C=O) groups is 1. The van der Waals surface area contributed by atoms with Gasteiger partial charge in [-0.3, -0.25) is 9.59 Å². The van der Waals surface area contributed by atoms with E-state index in [9.17, 15) is 9.59 Å². The molecule has 6 nitrogen and oxygen atoms in total. The van der Waals surface area contributed by atoms with E-state index in [0.717, 1.165) is 22.6 Å². The summed E-state index contributed by atoms with van der Waals surface area (Å²) in [5.74, 6) is 0.799. The fourth-order valence-corrected chi connectivity index (χ4v) is 3.34. The van der Waals surface area contributed by atoms with Crippen LogP contribution in [0.2, 0.25) is 0 Å². The van der Waals surface area contributed by atoms with Gasteiger partial charge in [0.05, 0.1) is 5.69 Å². The van der Waals surface area contributed by atoms with E-state index in [1.165, 1.54) is 4.68 Å². The summed E-state index contributed by atoms with van der Waals surface area (Å²) >= 11 is 0. The SMILES string of the molecule is Cc1ccc(C(=O)N2CCN(c3ccc(=O)n(-c4ccccc4)n3)CC2)cc1. The molecule has 28 heavy (non-hydrogen) atoms. The molecule has 1 amide bonds. The van der Waals surface area contributed by atoms with Gasteiger partial charge in [0.15, 0.2) is 0 Å². The molecule has 2 heterocycles. The Balaban J connectivity index is 1.47. The predicted octanol–water partition coefficient (Wildman–Crippen LogP) is 2.50. The lowest BCUT2D eigenvalue weighted by molar-refractivity contribution is 0.0746. The van der Waals surface area contributed by atoms with Gasteiger partial charge >= 0.3 is 0 Å². The van der Waals surface area contributed by atoms with Gasteiger partial charge in [0.1, 0.15) is 5.82 Å². The predicted molar refractivity (Wildman–Crippen MR) is 109 cm³/mol. The van der Waals surface area contributed by atoms with Crippen LogP contribution in [0.5, 0.6) is 0 Å². The van der Waals surface area contributed by atoms with Gasteiger partial charge in [-0.2, -0.15) is 4.68 Å². The number of anilines is 1. The van der Waals surface area contributed by atoms with Crippen molar-refractivity contribution in [3.05, 3.63) is 88.2 Å². The molecule has 0 spiro atoms. The lowest BCUT2D eigenvalue weighted by Gasteiger charge is -2.35. The van der Waals surface area contributed by atoms with Gasteiger partial charge in [-0.05, 0) is 37.3 Å². The molecule has 1 saturated heterocycles. The van der Waals surface area contributed by atoms with Crippen LogP contribution in [0.1, 0.15) is 15.9 Å². The van der Waals surface area contributed by atoms with E-state index < -0.39 is 0 Å². The van der Waals surface area contributed by atoms with E-state index in [4.69, 9.17) is 0 Å². The van der Waals surface area contributed by atoms with Crippen molar-refractivity contribution in [1.82, 2.24) is 14.7 Å². The van der Waals surface area contributed by atoms with E-state index in [0.29, 0.717) is 26.2 Å². The van der Waals surface area contributed by atoms with E-state index in [1.54, 1.807) is 12.1 Å². The summed E-state index contributed by atoms with van der Waals surface area (Å²) in [6.07, 6.45) is 0. The molecule has 0 saturated carbocycles. The topological polar surface area (TPSA) is 58.4 Å². The number of hydrogen-bond donors (Lipinski definition) is 0. The van der Waals surface area contributed by atoms with Crippen LogP contribution < -0.4 is 10.5 Å². The van der Waals surface area contributed by atoms with Gasteiger partial charge in [0, 0.05) is 37.8 Å². The lowest BCUT2D eigenvalue weighted by atomic mass is 10.1. The Hall–Kier alpha value is -3.41. The summed E-state index contributed by atoms with van der Waals surface area (Å²) in [7, 11) is 0. The molecule has 1 aliphatic rings. The van der Waals surface area contributed by atoms with Crippen molar-refractivity contribution >= 4 is 11.7 Å². The van der Waals surface area contributed by atoms with Crippen LogP contribution in [-0.4, -0.2) is 46.8 Å². The van der Waals surface area contributed by atoms with Crippen LogP contribution in [0.4, 0.5) is 5.82 Å². The molecule has 0 bridgehead atoms. The molecule has 0 unspecified atom stereocenters. The van der Waals surface area contributed by atoms with Crippen molar-refractivity contribution in [3.8, 4) is 5.69 Å². The minimum absolute atomic E-state index is 0.0573. The number of carbonyl (C=O) groups excluding carboxylic acids is 1. The Labute approximate surface area is 163 Å². The second-order valence-corrected chi connectivity index (χ2v) is 6.92. The molecule has 6 heteroatoms. The van der Waals surface area contributed by atoms with Gasteiger partial charge in [-0.25, -0.2) is 0 Å². The van der Waals surface area contributed by atoms with Gasteiger partial charge in [0.25, 0.3) is 11.5 Å². The van der Waals surface area contributed by atoms with Crippen LogP contribution in [-0.2, 0) is 0 Å². The van der Waals surface area contributed by atoms with Crippen molar-refractivity contribution in [2.45, 2.75) is 6.92 Å². The fraction of sp³-hybridized carbons (Fsp3) is 0.227. The summed E-state index contributed by atoms with van der Waals surface area (Å²) in [6, 6.07) is 20.3. The fourth-order valence-electron chi connectivity index (χ4n) is 3.34. The van der Waals surface area contributed by atoms with Crippen molar-refractivity contribution in [2.75, 3.05) is 31.1 Å². The summed E-state index contributed by atoms with van der Waals surface area (Å²) in [5, 5.41) is 4.53. The van der Waals surface area contributed by atoms with Gasteiger partial charge < -0.3 is 9.80 Å². The number of rotatable bonds is 3. The minimum atomic E-state index is -0.164. The van der Waals surface area contributed by atoms with Crippen LogP contribution in [0.15, 0.2) is 71.5 Å². The number of benzene rings is 2. The van der Waals surface area contributed by atoms with Crippen LogP contribution in [0.3, 0.4) is 0 Å². The van der Waals surface area contributed by atoms with Crippen molar-refractivity contribution in [1.29, 1.82) is 0 Å². The third-order valence-corrected chi connectivity index (χ3v) is 4.98. The third kappa shape index (κ3) is 3.67. The first-order valence-electron chi connectivity index (χ1n) is 9.38. The number of hydrogen-bond acceptors (Lipinski definition) is 4. The average molecular weight is 374 g/mol. The van der Waals surface area contributed by atoms with Crippen molar-refractivity contribution in [3.63, 3.8) is 0 Å². The first-order valence-corrected chi connectivity index (χ1v) is 9.38. The number of amides is 1. The van der Waals surface area contributed by atoms with Gasteiger partial charge in [-0.15, -0.1) is 5.10 Å². The number of aromatic nitrogens is 2. The maximum Gasteiger partial charge on any atom is 0.271 e.